The molecule has 1 aromatic heterocycles. The van der Waals surface area contributed by atoms with Crippen molar-refractivity contribution in [3.05, 3.63) is 41.6 Å². The van der Waals surface area contributed by atoms with Crippen LogP contribution in [0.4, 0.5) is 13.2 Å². The lowest BCUT2D eigenvalue weighted by Gasteiger charge is -2.17. The third kappa shape index (κ3) is 4.17. The fourth-order valence-corrected chi connectivity index (χ4v) is 2.50. The molecule has 0 aliphatic heterocycles. The van der Waals surface area contributed by atoms with Crippen LogP contribution in [-0.4, -0.2) is 18.2 Å². The van der Waals surface area contributed by atoms with Crippen molar-refractivity contribution in [3.8, 4) is 0 Å². The summed E-state index contributed by atoms with van der Waals surface area (Å²) in [5.41, 5.74) is 2.77. The Hall–Kier alpha value is -1.62. The summed E-state index contributed by atoms with van der Waals surface area (Å²) in [6.07, 6.45) is -4.33. The second-order valence-corrected chi connectivity index (χ2v) is 5.23. The second kappa shape index (κ2) is 6.43. The van der Waals surface area contributed by atoms with Crippen LogP contribution in [0.1, 0.15) is 36.6 Å². The van der Waals surface area contributed by atoms with Crippen LogP contribution >= 0.6 is 0 Å². The number of alkyl halides is 3. The number of pyridine rings is 1. The van der Waals surface area contributed by atoms with Crippen LogP contribution in [-0.2, 0) is 0 Å². The van der Waals surface area contributed by atoms with Crippen LogP contribution in [0.25, 0.3) is 10.9 Å². The number of hydrogen-bond donors (Lipinski definition) is 1. The molecule has 1 heterocycles. The minimum Gasteiger partial charge on any atom is -0.312 e. The molecule has 0 amide bonds. The number of nitrogens with one attached hydrogen (secondary N) is 1. The summed E-state index contributed by atoms with van der Waals surface area (Å²) in [5, 5.41) is 4.14. The predicted molar refractivity (Wildman–Crippen MR) is 78.2 cm³/mol. The summed E-state index contributed by atoms with van der Waals surface area (Å²) >= 11 is 0. The van der Waals surface area contributed by atoms with Crippen molar-refractivity contribution >= 4 is 10.9 Å². The SMILES string of the molecule is CNC(CCCC(F)(F)F)c1cc(C)c2ccccc2n1. The standard InChI is InChI=1S/C16H19F3N2/c1-11-10-15(21-13-7-4-3-6-12(11)13)14(20-2)8-5-9-16(17,18)19/h3-4,6-7,10,14,20H,5,8-9H2,1-2H3. The highest BCUT2D eigenvalue weighted by Crippen LogP contribution is 2.27. The van der Waals surface area contributed by atoms with Gasteiger partial charge in [0.05, 0.1) is 11.2 Å². The highest BCUT2D eigenvalue weighted by Gasteiger charge is 2.27. The van der Waals surface area contributed by atoms with Crippen LogP contribution in [0.3, 0.4) is 0 Å². The third-order valence-corrected chi connectivity index (χ3v) is 3.60. The van der Waals surface area contributed by atoms with E-state index in [9.17, 15) is 13.2 Å². The molecule has 2 aromatic rings. The normalized spacial score (nSPS) is 13.6. The number of halogens is 3. The molecule has 0 saturated heterocycles. The quantitative estimate of drug-likeness (QED) is 0.876. The van der Waals surface area contributed by atoms with Crippen LogP contribution in [0, 0.1) is 6.92 Å². The van der Waals surface area contributed by atoms with Gasteiger partial charge in [-0.25, -0.2) is 0 Å². The number of aryl methyl sites for hydroxylation is 1. The Morgan fingerprint density at radius 1 is 1.24 bits per heavy atom. The molecule has 1 aromatic carbocycles. The highest BCUT2D eigenvalue weighted by molar-refractivity contribution is 5.82. The molecule has 1 atom stereocenters. The molecule has 0 aliphatic carbocycles. The van der Waals surface area contributed by atoms with Crippen molar-refractivity contribution in [3.63, 3.8) is 0 Å². The predicted octanol–water partition coefficient (Wildman–Crippen LogP) is 4.54. The molecule has 114 valence electrons. The average molecular weight is 296 g/mol. The van der Waals surface area contributed by atoms with E-state index in [1.807, 2.05) is 37.3 Å². The maximum atomic E-state index is 12.2. The first kappa shape index (κ1) is 15.8. The van der Waals surface area contributed by atoms with Crippen molar-refractivity contribution < 1.29 is 13.2 Å². The zero-order valence-corrected chi connectivity index (χ0v) is 12.2. The van der Waals surface area contributed by atoms with Crippen molar-refractivity contribution in [1.29, 1.82) is 0 Å². The summed E-state index contributed by atoms with van der Waals surface area (Å²) < 4.78 is 36.7. The number of benzene rings is 1. The lowest BCUT2D eigenvalue weighted by molar-refractivity contribution is -0.135. The van der Waals surface area contributed by atoms with Crippen molar-refractivity contribution in [2.75, 3.05) is 7.05 Å². The maximum absolute atomic E-state index is 12.2. The molecule has 0 fully saturated rings. The van der Waals surface area contributed by atoms with Gasteiger partial charge in [-0.05, 0) is 44.5 Å². The van der Waals surface area contributed by atoms with E-state index >= 15 is 0 Å². The first-order chi connectivity index (χ1) is 9.90. The van der Waals surface area contributed by atoms with Gasteiger partial charge in [0.2, 0.25) is 0 Å². The zero-order chi connectivity index (χ0) is 15.5. The fraction of sp³-hybridized carbons (Fsp3) is 0.438. The topological polar surface area (TPSA) is 24.9 Å². The first-order valence-corrected chi connectivity index (χ1v) is 7.01. The van der Waals surface area contributed by atoms with Gasteiger partial charge in [-0.15, -0.1) is 0 Å². The van der Waals surface area contributed by atoms with Gasteiger partial charge in [0, 0.05) is 17.8 Å². The molecule has 2 nitrogen and oxygen atoms in total. The van der Waals surface area contributed by atoms with Gasteiger partial charge < -0.3 is 5.32 Å². The first-order valence-electron chi connectivity index (χ1n) is 7.01. The van der Waals surface area contributed by atoms with Crippen LogP contribution in [0.2, 0.25) is 0 Å². The van der Waals surface area contributed by atoms with E-state index in [0.717, 1.165) is 22.2 Å². The number of nitrogens with zero attached hydrogens (tertiary/aromatic N) is 1. The summed E-state index contributed by atoms with van der Waals surface area (Å²) in [6.45, 7) is 2.00. The van der Waals surface area contributed by atoms with Crippen molar-refractivity contribution in [2.24, 2.45) is 0 Å². The Balaban J connectivity index is 2.18. The molecule has 21 heavy (non-hydrogen) atoms. The number of para-hydroxylation sites is 1. The highest BCUT2D eigenvalue weighted by atomic mass is 19.4. The molecule has 2 rings (SSSR count). The second-order valence-electron chi connectivity index (χ2n) is 5.23. The van der Waals surface area contributed by atoms with E-state index in [1.54, 1.807) is 7.05 Å². The van der Waals surface area contributed by atoms with E-state index in [-0.39, 0.29) is 12.5 Å². The summed E-state index contributed by atoms with van der Waals surface area (Å²) in [6, 6.07) is 9.59. The Labute approximate surface area is 122 Å². The molecule has 0 spiro atoms. The molecule has 0 radical (unpaired) electrons. The Bertz CT molecular complexity index is 608. The lowest BCUT2D eigenvalue weighted by Crippen LogP contribution is -2.19. The molecular weight excluding hydrogens is 277 g/mol. The van der Waals surface area contributed by atoms with E-state index in [2.05, 4.69) is 10.3 Å². The minimum atomic E-state index is -4.09. The number of fused-ring (bicyclic) bond motifs is 1. The molecule has 1 N–H and O–H groups in total. The Kier molecular flexibility index (Phi) is 4.83. The van der Waals surface area contributed by atoms with Crippen LogP contribution in [0.5, 0.6) is 0 Å². The fourth-order valence-electron chi connectivity index (χ4n) is 2.50. The summed E-state index contributed by atoms with van der Waals surface area (Å²) in [5.74, 6) is 0. The van der Waals surface area contributed by atoms with Crippen molar-refractivity contribution in [1.82, 2.24) is 10.3 Å². The van der Waals surface area contributed by atoms with E-state index in [1.165, 1.54) is 0 Å². The number of hydrogen-bond acceptors (Lipinski definition) is 2. The van der Waals surface area contributed by atoms with Gasteiger partial charge in [0.1, 0.15) is 0 Å². The van der Waals surface area contributed by atoms with E-state index < -0.39 is 12.6 Å². The summed E-state index contributed by atoms with van der Waals surface area (Å²) in [7, 11) is 1.75. The van der Waals surface area contributed by atoms with Gasteiger partial charge in [-0.1, -0.05) is 18.2 Å². The van der Waals surface area contributed by atoms with Crippen molar-refractivity contribution in [2.45, 2.75) is 38.4 Å². The van der Waals surface area contributed by atoms with Gasteiger partial charge in [-0.2, -0.15) is 13.2 Å². The summed E-state index contributed by atoms with van der Waals surface area (Å²) in [4.78, 5) is 4.58. The van der Waals surface area contributed by atoms with Gasteiger partial charge >= 0.3 is 6.18 Å². The van der Waals surface area contributed by atoms with Crippen LogP contribution < -0.4 is 5.32 Å². The molecular formula is C16H19F3N2. The molecule has 0 aliphatic rings. The zero-order valence-electron chi connectivity index (χ0n) is 12.2. The van der Waals surface area contributed by atoms with Gasteiger partial charge in [-0.3, -0.25) is 4.98 Å². The van der Waals surface area contributed by atoms with Crippen LogP contribution in [0.15, 0.2) is 30.3 Å². The van der Waals surface area contributed by atoms with E-state index in [4.69, 9.17) is 0 Å². The monoisotopic (exact) mass is 296 g/mol. The Morgan fingerprint density at radius 3 is 2.62 bits per heavy atom. The smallest absolute Gasteiger partial charge is 0.312 e. The number of rotatable bonds is 5. The van der Waals surface area contributed by atoms with Gasteiger partial charge in [0.25, 0.3) is 0 Å². The molecule has 1 unspecified atom stereocenters. The van der Waals surface area contributed by atoms with E-state index in [0.29, 0.717) is 6.42 Å². The minimum absolute atomic E-state index is 0.0998. The van der Waals surface area contributed by atoms with Gasteiger partial charge in [0.15, 0.2) is 0 Å². The largest absolute Gasteiger partial charge is 0.389 e. The number of aromatic nitrogens is 1. The Morgan fingerprint density at radius 2 is 1.95 bits per heavy atom. The molecule has 5 heteroatoms. The molecule has 0 saturated carbocycles. The molecule has 0 bridgehead atoms. The lowest BCUT2D eigenvalue weighted by atomic mass is 10.0. The maximum Gasteiger partial charge on any atom is 0.389 e. The third-order valence-electron chi connectivity index (χ3n) is 3.60. The average Bonchev–Trinajstić information content (AvgIpc) is 2.42.